The summed E-state index contributed by atoms with van der Waals surface area (Å²) in [5, 5.41) is 0. The molecule has 53 heavy (non-hydrogen) atoms. The van der Waals surface area contributed by atoms with Crippen LogP contribution in [0.25, 0.3) is 44.5 Å². The van der Waals surface area contributed by atoms with Crippen molar-refractivity contribution in [2.75, 3.05) is 4.90 Å². The zero-order chi connectivity index (χ0) is 34.9. The van der Waals surface area contributed by atoms with Gasteiger partial charge in [-0.05, 0) is 136 Å². The molecule has 256 valence electrons. The summed E-state index contributed by atoms with van der Waals surface area (Å²) in [6.45, 7) is 0. The van der Waals surface area contributed by atoms with Gasteiger partial charge in [-0.25, -0.2) is 0 Å². The molecule has 0 N–H and O–H groups in total. The number of anilines is 3. The van der Waals surface area contributed by atoms with Crippen LogP contribution in [0.5, 0.6) is 0 Å². The van der Waals surface area contributed by atoms with Crippen molar-refractivity contribution in [3.05, 3.63) is 187 Å². The highest BCUT2D eigenvalue weighted by atomic mass is 15.1. The van der Waals surface area contributed by atoms with Crippen molar-refractivity contribution < 1.29 is 0 Å². The molecular weight excluding hydrogens is 639 g/mol. The van der Waals surface area contributed by atoms with Crippen molar-refractivity contribution in [3.8, 4) is 44.5 Å². The highest BCUT2D eigenvalue weighted by Crippen LogP contribution is 2.71. The lowest BCUT2D eigenvalue weighted by Crippen LogP contribution is -2.55. The van der Waals surface area contributed by atoms with E-state index in [0.717, 1.165) is 11.8 Å². The van der Waals surface area contributed by atoms with E-state index in [2.05, 4.69) is 181 Å². The van der Waals surface area contributed by atoms with Gasteiger partial charge in [0.2, 0.25) is 0 Å². The first kappa shape index (κ1) is 30.9. The van der Waals surface area contributed by atoms with Crippen molar-refractivity contribution in [1.29, 1.82) is 0 Å². The van der Waals surface area contributed by atoms with Crippen LogP contribution in [-0.2, 0) is 5.41 Å². The SMILES string of the molecule is c1ccc(-c2ccc(N(c3ccccc3-c3ccccc3)c3cccc4c3C3(c5cc(-c6ccccc6)ccc5-4)C4CC5CC(C4)CC3C5)cc2)cc1. The molecule has 0 saturated heterocycles. The van der Waals surface area contributed by atoms with Crippen LogP contribution >= 0.6 is 0 Å². The fourth-order valence-corrected chi connectivity index (χ4v) is 11.6. The topological polar surface area (TPSA) is 3.24 Å². The number of rotatable bonds is 6. The van der Waals surface area contributed by atoms with Crippen molar-refractivity contribution in [3.63, 3.8) is 0 Å². The van der Waals surface area contributed by atoms with E-state index in [1.165, 1.54) is 93.7 Å². The van der Waals surface area contributed by atoms with E-state index < -0.39 is 0 Å². The van der Waals surface area contributed by atoms with Crippen LogP contribution in [0.3, 0.4) is 0 Å². The second-order valence-electron chi connectivity index (χ2n) is 16.1. The Balaban J connectivity index is 1.17. The minimum absolute atomic E-state index is 0.0105. The second kappa shape index (κ2) is 12.2. The quantitative estimate of drug-likeness (QED) is 0.169. The molecule has 0 atom stereocenters. The third kappa shape index (κ3) is 4.76. The largest absolute Gasteiger partial charge is 0.310 e. The van der Waals surface area contributed by atoms with Crippen LogP contribution in [0, 0.1) is 23.7 Å². The Morgan fingerprint density at radius 2 is 0.887 bits per heavy atom. The second-order valence-corrected chi connectivity index (χ2v) is 16.1. The normalized spacial score (nSPS) is 23.2. The van der Waals surface area contributed by atoms with E-state index in [1.807, 2.05) is 0 Å². The van der Waals surface area contributed by atoms with Gasteiger partial charge in [-0.1, -0.05) is 146 Å². The molecule has 0 aliphatic heterocycles. The average molecular weight is 682 g/mol. The molecule has 4 fully saturated rings. The lowest BCUT2D eigenvalue weighted by Gasteiger charge is -2.61. The van der Waals surface area contributed by atoms with E-state index in [9.17, 15) is 0 Å². The number of hydrogen-bond acceptors (Lipinski definition) is 1. The van der Waals surface area contributed by atoms with Crippen molar-refractivity contribution in [2.24, 2.45) is 23.7 Å². The maximum Gasteiger partial charge on any atom is 0.0540 e. The lowest BCUT2D eigenvalue weighted by atomic mass is 9.43. The fourth-order valence-electron chi connectivity index (χ4n) is 11.6. The predicted octanol–water partition coefficient (Wildman–Crippen LogP) is 13.9. The number of fused-ring (bicyclic) bond motifs is 3. The number of benzene rings is 7. The van der Waals surface area contributed by atoms with Crippen LogP contribution in [0.1, 0.15) is 43.2 Å². The summed E-state index contributed by atoms with van der Waals surface area (Å²) in [5.41, 5.74) is 17.4. The molecule has 4 bridgehead atoms. The zero-order valence-corrected chi connectivity index (χ0v) is 30.0. The summed E-state index contributed by atoms with van der Waals surface area (Å²) < 4.78 is 0. The highest BCUT2D eigenvalue weighted by Gasteiger charge is 2.62. The van der Waals surface area contributed by atoms with E-state index in [1.54, 1.807) is 11.1 Å². The van der Waals surface area contributed by atoms with Crippen LogP contribution in [0.4, 0.5) is 17.1 Å². The van der Waals surface area contributed by atoms with E-state index in [0.29, 0.717) is 11.8 Å². The van der Waals surface area contributed by atoms with Gasteiger partial charge in [0.05, 0.1) is 11.4 Å². The molecule has 4 saturated carbocycles. The summed E-state index contributed by atoms with van der Waals surface area (Å²) in [4.78, 5) is 2.62. The Labute approximate surface area is 313 Å². The van der Waals surface area contributed by atoms with Crippen molar-refractivity contribution >= 4 is 17.1 Å². The van der Waals surface area contributed by atoms with Crippen LogP contribution in [0.15, 0.2) is 176 Å². The Morgan fingerprint density at radius 3 is 1.55 bits per heavy atom. The zero-order valence-electron chi connectivity index (χ0n) is 30.0. The molecule has 12 rings (SSSR count). The van der Waals surface area contributed by atoms with Gasteiger partial charge in [0, 0.05) is 16.7 Å². The van der Waals surface area contributed by atoms with Gasteiger partial charge < -0.3 is 4.90 Å². The summed E-state index contributed by atoms with van der Waals surface area (Å²) in [5.74, 6) is 3.05. The third-order valence-electron chi connectivity index (χ3n) is 13.4. The van der Waals surface area contributed by atoms with Crippen LogP contribution in [0.2, 0.25) is 0 Å². The standard InChI is InChI=1S/C52H43N/c1-4-13-37(14-5-1)39-23-26-44(27-24-39)53(49-21-11-10-19-45(49)40-17-8-3-9-18-40)50-22-12-20-47-46-28-25-41(38-15-6-2-7-16-38)34-48(46)52(51(47)50)42-30-35-29-36(32-42)33-43(52)31-35/h1-28,34-36,42-43H,29-33H2. The van der Waals surface area contributed by atoms with Crippen LogP contribution < -0.4 is 4.90 Å². The number of para-hydroxylation sites is 1. The highest BCUT2D eigenvalue weighted by molar-refractivity contribution is 5.95. The maximum atomic E-state index is 2.62. The Kier molecular flexibility index (Phi) is 7.12. The molecule has 5 aliphatic rings. The molecule has 0 amide bonds. The minimum Gasteiger partial charge on any atom is -0.310 e. The van der Waals surface area contributed by atoms with Gasteiger partial charge in [0.25, 0.3) is 0 Å². The van der Waals surface area contributed by atoms with Gasteiger partial charge >= 0.3 is 0 Å². The van der Waals surface area contributed by atoms with Crippen LogP contribution in [-0.4, -0.2) is 0 Å². The van der Waals surface area contributed by atoms with Gasteiger partial charge in [-0.2, -0.15) is 0 Å². The molecule has 1 spiro atoms. The van der Waals surface area contributed by atoms with E-state index in [4.69, 9.17) is 0 Å². The van der Waals surface area contributed by atoms with E-state index >= 15 is 0 Å². The van der Waals surface area contributed by atoms with Crippen molar-refractivity contribution in [1.82, 2.24) is 0 Å². The Hall–Kier alpha value is -5.66. The van der Waals surface area contributed by atoms with Gasteiger partial charge in [-0.3, -0.25) is 0 Å². The molecular formula is C52H43N. The molecule has 0 unspecified atom stereocenters. The summed E-state index contributed by atoms with van der Waals surface area (Å²) >= 11 is 0. The fraction of sp³-hybridized carbons (Fsp3) is 0.192. The Bertz CT molecular complexity index is 2420. The Morgan fingerprint density at radius 1 is 0.377 bits per heavy atom. The molecule has 1 nitrogen and oxygen atoms in total. The number of nitrogens with zero attached hydrogens (tertiary/aromatic N) is 1. The first-order valence-corrected chi connectivity index (χ1v) is 19.7. The number of hydrogen-bond donors (Lipinski definition) is 0. The summed E-state index contributed by atoms with van der Waals surface area (Å²) in [6, 6.07) is 65.8. The van der Waals surface area contributed by atoms with Gasteiger partial charge in [-0.15, -0.1) is 0 Å². The van der Waals surface area contributed by atoms with Gasteiger partial charge in [0.1, 0.15) is 0 Å². The average Bonchev–Trinajstić information content (AvgIpc) is 3.52. The maximum absolute atomic E-state index is 2.62. The first-order chi connectivity index (χ1) is 26.3. The predicted molar refractivity (Wildman–Crippen MR) is 221 cm³/mol. The molecule has 0 aromatic heterocycles. The minimum atomic E-state index is -0.0105. The molecule has 1 heteroatoms. The summed E-state index contributed by atoms with van der Waals surface area (Å²) in [7, 11) is 0. The molecule has 7 aromatic rings. The molecule has 0 radical (unpaired) electrons. The van der Waals surface area contributed by atoms with Gasteiger partial charge in [0.15, 0.2) is 0 Å². The van der Waals surface area contributed by atoms with Crippen molar-refractivity contribution in [2.45, 2.75) is 37.5 Å². The lowest BCUT2D eigenvalue weighted by molar-refractivity contribution is -0.0397. The molecule has 7 aromatic carbocycles. The first-order valence-electron chi connectivity index (χ1n) is 19.7. The smallest absolute Gasteiger partial charge is 0.0540 e. The molecule has 5 aliphatic carbocycles. The van der Waals surface area contributed by atoms with E-state index in [-0.39, 0.29) is 5.41 Å². The summed E-state index contributed by atoms with van der Waals surface area (Å²) in [6.07, 6.45) is 6.84. The third-order valence-corrected chi connectivity index (χ3v) is 13.4. The monoisotopic (exact) mass is 681 g/mol. The molecule has 0 heterocycles.